The Hall–Kier alpha value is -4.37. The Balaban J connectivity index is 1.26. The van der Waals surface area contributed by atoms with Crippen molar-refractivity contribution < 1.29 is 14.3 Å². The van der Waals surface area contributed by atoms with Gasteiger partial charge < -0.3 is 14.5 Å². The highest BCUT2D eigenvalue weighted by atomic mass is 32.2. The molecule has 0 spiro atoms. The lowest BCUT2D eigenvalue weighted by molar-refractivity contribution is -0.138. The molecule has 210 valence electrons. The van der Waals surface area contributed by atoms with E-state index in [1.54, 1.807) is 13.2 Å². The highest BCUT2D eigenvalue weighted by Gasteiger charge is 2.29. The first kappa shape index (κ1) is 28.2. The molecule has 5 rings (SSSR count). The molecule has 4 aromatic rings. The average Bonchev–Trinajstić information content (AvgIpc) is 3.43. The maximum absolute atomic E-state index is 13.3. The van der Waals surface area contributed by atoms with Crippen LogP contribution < -0.4 is 4.74 Å². The van der Waals surface area contributed by atoms with Gasteiger partial charge in [0.05, 0.1) is 12.9 Å². The number of aromatic nitrogens is 3. The Labute approximate surface area is 244 Å². The number of carbonyl (C=O) groups excluding carboxylic acids is 2. The summed E-state index contributed by atoms with van der Waals surface area (Å²) in [6, 6.07) is 25.5. The molecule has 1 atom stereocenters. The second kappa shape index (κ2) is 12.9. The number of benzene rings is 3. The summed E-state index contributed by atoms with van der Waals surface area (Å²) < 4.78 is 7.30. The van der Waals surface area contributed by atoms with Gasteiger partial charge in [-0.05, 0) is 49.8 Å². The van der Waals surface area contributed by atoms with Crippen molar-refractivity contribution >= 4 is 29.7 Å². The minimum absolute atomic E-state index is 0.00921. The molecule has 2 amide bonds. The maximum Gasteiger partial charge on any atom is 0.246 e. The van der Waals surface area contributed by atoms with Crippen LogP contribution in [0.4, 0.5) is 0 Å². The molecule has 1 saturated heterocycles. The van der Waals surface area contributed by atoms with Crippen molar-refractivity contribution in [2.24, 2.45) is 0 Å². The van der Waals surface area contributed by atoms with E-state index in [-0.39, 0.29) is 23.6 Å². The summed E-state index contributed by atoms with van der Waals surface area (Å²) in [6.45, 7) is 5.51. The summed E-state index contributed by atoms with van der Waals surface area (Å²) >= 11 is 1.36. The van der Waals surface area contributed by atoms with Gasteiger partial charge >= 0.3 is 0 Å². The zero-order chi connectivity index (χ0) is 28.8. The SMILES string of the molecule is COc1ccc(-n2c(SCC(=O)N3CCN(C(=O)C=Cc4ccccc4)C(C)C3)nnc2-c2ccc(C)cc2)cc1. The fourth-order valence-electron chi connectivity index (χ4n) is 4.77. The molecule has 0 radical (unpaired) electrons. The van der Waals surface area contributed by atoms with Crippen LogP contribution >= 0.6 is 11.8 Å². The van der Waals surface area contributed by atoms with E-state index in [1.165, 1.54) is 11.8 Å². The number of nitrogens with zero attached hydrogens (tertiary/aromatic N) is 5. The van der Waals surface area contributed by atoms with E-state index in [0.717, 1.165) is 28.1 Å². The number of hydrogen-bond acceptors (Lipinski definition) is 6. The lowest BCUT2D eigenvalue weighted by Crippen LogP contribution is -2.55. The van der Waals surface area contributed by atoms with Crippen LogP contribution in [-0.2, 0) is 9.59 Å². The van der Waals surface area contributed by atoms with E-state index in [0.29, 0.717) is 30.6 Å². The zero-order valence-corrected chi connectivity index (χ0v) is 24.3. The molecule has 1 aromatic heterocycles. The minimum atomic E-state index is -0.0817. The summed E-state index contributed by atoms with van der Waals surface area (Å²) in [5.41, 5.74) is 3.96. The van der Waals surface area contributed by atoms with Crippen molar-refractivity contribution in [2.45, 2.75) is 25.0 Å². The molecule has 0 N–H and O–H groups in total. The normalized spacial score (nSPS) is 15.3. The number of thioether (sulfide) groups is 1. The summed E-state index contributed by atoms with van der Waals surface area (Å²) in [4.78, 5) is 29.7. The van der Waals surface area contributed by atoms with Crippen LogP contribution in [0, 0.1) is 6.92 Å². The van der Waals surface area contributed by atoms with Gasteiger partial charge in [0.25, 0.3) is 0 Å². The molecule has 3 aromatic carbocycles. The lowest BCUT2D eigenvalue weighted by Gasteiger charge is -2.39. The Morgan fingerprint density at radius 3 is 2.39 bits per heavy atom. The van der Waals surface area contributed by atoms with Crippen LogP contribution in [0.3, 0.4) is 0 Å². The predicted octanol–water partition coefficient (Wildman–Crippen LogP) is 5.12. The van der Waals surface area contributed by atoms with E-state index in [2.05, 4.69) is 10.2 Å². The number of amides is 2. The predicted molar refractivity (Wildman–Crippen MR) is 162 cm³/mol. The standard InChI is InChI=1S/C32H33N5O3S/c1-23-9-12-26(13-10-23)31-33-34-32(37(31)27-14-16-28(40-3)17-15-27)41-22-30(39)35-19-20-36(24(2)21-35)29(38)18-11-25-7-5-4-6-8-25/h4-18,24H,19-22H2,1-3H3. The van der Waals surface area contributed by atoms with Crippen LogP contribution in [-0.4, -0.2) is 74.9 Å². The first-order valence-corrected chi connectivity index (χ1v) is 14.5. The van der Waals surface area contributed by atoms with Crippen LogP contribution in [0.2, 0.25) is 0 Å². The number of hydrogen-bond donors (Lipinski definition) is 0. The van der Waals surface area contributed by atoms with Gasteiger partial charge in [0.1, 0.15) is 5.75 Å². The average molecular weight is 568 g/mol. The molecule has 9 heteroatoms. The molecule has 2 heterocycles. The minimum Gasteiger partial charge on any atom is -0.497 e. The van der Waals surface area contributed by atoms with Crippen molar-refractivity contribution in [1.29, 1.82) is 0 Å². The molecule has 1 fully saturated rings. The number of piperazine rings is 1. The lowest BCUT2D eigenvalue weighted by atomic mass is 10.1. The zero-order valence-electron chi connectivity index (χ0n) is 23.4. The van der Waals surface area contributed by atoms with Crippen LogP contribution in [0.15, 0.2) is 90.1 Å². The number of carbonyl (C=O) groups is 2. The quantitative estimate of drug-likeness (QED) is 0.217. The maximum atomic E-state index is 13.3. The van der Waals surface area contributed by atoms with Gasteiger partial charge in [-0.25, -0.2) is 0 Å². The topological polar surface area (TPSA) is 80.6 Å². The fraction of sp³-hybridized carbons (Fsp3) is 0.250. The number of ether oxygens (including phenoxy) is 1. The second-order valence-corrected chi connectivity index (χ2v) is 10.9. The van der Waals surface area contributed by atoms with Gasteiger partial charge in [0.2, 0.25) is 11.8 Å². The monoisotopic (exact) mass is 567 g/mol. The number of aryl methyl sites for hydroxylation is 1. The number of methoxy groups -OCH3 is 1. The second-order valence-electron chi connectivity index (χ2n) is 9.96. The summed E-state index contributed by atoms with van der Waals surface area (Å²) in [5, 5.41) is 9.58. The Morgan fingerprint density at radius 1 is 0.976 bits per heavy atom. The summed E-state index contributed by atoms with van der Waals surface area (Å²) in [5.74, 6) is 1.64. The molecule has 0 bridgehead atoms. The van der Waals surface area contributed by atoms with Gasteiger partial charge in [0, 0.05) is 43.0 Å². The van der Waals surface area contributed by atoms with Crippen molar-refractivity contribution in [2.75, 3.05) is 32.5 Å². The van der Waals surface area contributed by atoms with Crippen molar-refractivity contribution in [3.63, 3.8) is 0 Å². The third-order valence-electron chi connectivity index (χ3n) is 7.08. The van der Waals surface area contributed by atoms with Crippen LogP contribution in [0.1, 0.15) is 18.1 Å². The first-order valence-electron chi connectivity index (χ1n) is 13.5. The van der Waals surface area contributed by atoms with Gasteiger partial charge in [-0.3, -0.25) is 14.2 Å². The molecule has 1 unspecified atom stereocenters. The Bertz CT molecular complexity index is 1520. The molecular weight excluding hydrogens is 534 g/mol. The molecule has 1 aliphatic rings. The molecule has 0 aliphatic carbocycles. The Morgan fingerprint density at radius 2 is 1.71 bits per heavy atom. The van der Waals surface area contributed by atoms with E-state index in [9.17, 15) is 9.59 Å². The van der Waals surface area contributed by atoms with Gasteiger partial charge in [-0.15, -0.1) is 10.2 Å². The summed E-state index contributed by atoms with van der Waals surface area (Å²) in [6.07, 6.45) is 3.43. The third-order valence-corrected chi connectivity index (χ3v) is 7.99. The van der Waals surface area contributed by atoms with Gasteiger partial charge in [-0.1, -0.05) is 71.9 Å². The van der Waals surface area contributed by atoms with Crippen molar-refractivity contribution in [3.05, 3.63) is 96.1 Å². The van der Waals surface area contributed by atoms with Crippen LogP contribution in [0.5, 0.6) is 5.75 Å². The van der Waals surface area contributed by atoms with E-state index in [4.69, 9.17) is 4.74 Å². The highest BCUT2D eigenvalue weighted by Crippen LogP contribution is 2.29. The smallest absolute Gasteiger partial charge is 0.246 e. The molecule has 0 saturated carbocycles. The molecule has 1 aliphatic heterocycles. The Kier molecular flexibility index (Phi) is 8.84. The van der Waals surface area contributed by atoms with E-state index in [1.807, 2.05) is 113 Å². The van der Waals surface area contributed by atoms with Crippen LogP contribution in [0.25, 0.3) is 23.2 Å². The van der Waals surface area contributed by atoms with E-state index < -0.39 is 0 Å². The molecular formula is C32H33N5O3S. The molecule has 41 heavy (non-hydrogen) atoms. The van der Waals surface area contributed by atoms with Gasteiger partial charge in [-0.2, -0.15) is 0 Å². The third kappa shape index (κ3) is 6.69. The highest BCUT2D eigenvalue weighted by molar-refractivity contribution is 7.99. The van der Waals surface area contributed by atoms with Crippen molar-refractivity contribution in [3.8, 4) is 22.8 Å². The molecule has 8 nitrogen and oxygen atoms in total. The largest absolute Gasteiger partial charge is 0.497 e. The first-order chi connectivity index (χ1) is 19.9. The summed E-state index contributed by atoms with van der Waals surface area (Å²) in [7, 11) is 1.64. The van der Waals surface area contributed by atoms with Gasteiger partial charge in [0.15, 0.2) is 11.0 Å². The van der Waals surface area contributed by atoms with Crippen molar-refractivity contribution in [1.82, 2.24) is 24.6 Å². The number of rotatable bonds is 8. The fourth-order valence-corrected chi connectivity index (χ4v) is 5.63. The van der Waals surface area contributed by atoms with E-state index >= 15 is 0 Å².